The third-order valence-corrected chi connectivity index (χ3v) is 4.76. The highest BCUT2D eigenvalue weighted by atomic mass is 32.1. The Balaban J connectivity index is 1.82. The van der Waals surface area contributed by atoms with Gasteiger partial charge in [-0.25, -0.2) is 0 Å². The molecule has 7 nitrogen and oxygen atoms in total. The molecule has 3 rings (SSSR count). The predicted octanol–water partition coefficient (Wildman–Crippen LogP) is 3.79. The summed E-state index contributed by atoms with van der Waals surface area (Å²) >= 11 is 1.30. The highest BCUT2D eigenvalue weighted by molar-refractivity contribution is 7.18. The number of amides is 1. The van der Waals surface area contributed by atoms with Crippen molar-refractivity contribution >= 4 is 22.4 Å². The van der Waals surface area contributed by atoms with Crippen molar-refractivity contribution in [2.45, 2.75) is 6.92 Å². The van der Waals surface area contributed by atoms with Crippen LogP contribution in [-0.4, -0.2) is 37.4 Å². The molecular formula is C19H19N3O4S. The van der Waals surface area contributed by atoms with Crippen LogP contribution in [0, 0.1) is 6.92 Å². The molecule has 0 radical (unpaired) electrons. The maximum atomic E-state index is 12.6. The zero-order chi connectivity index (χ0) is 19.4. The van der Waals surface area contributed by atoms with Crippen molar-refractivity contribution in [3.05, 3.63) is 47.5 Å². The number of hydrogen-bond acceptors (Lipinski definition) is 7. The molecule has 0 aliphatic heterocycles. The number of aryl methyl sites for hydroxylation is 1. The van der Waals surface area contributed by atoms with Gasteiger partial charge in [0, 0.05) is 11.1 Å². The van der Waals surface area contributed by atoms with Crippen LogP contribution in [0.3, 0.4) is 0 Å². The van der Waals surface area contributed by atoms with Gasteiger partial charge in [0.1, 0.15) is 5.01 Å². The third-order valence-electron chi connectivity index (χ3n) is 3.87. The van der Waals surface area contributed by atoms with Gasteiger partial charge in [0.05, 0.1) is 21.3 Å². The second-order valence-electron chi connectivity index (χ2n) is 5.65. The molecule has 3 aromatic rings. The van der Waals surface area contributed by atoms with E-state index >= 15 is 0 Å². The normalized spacial score (nSPS) is 10.4. The first kappa shape index (κ1) is 18.7. The molecule has 0 spiro atoms. The largest absolute Gasteiger partial charge is 0.493 e. The second-order valence-corrected chi connectivity index (χ2v) is 6.62. The lowest BCUT2D eigenvalue weighted by Gasteiger charge is -2.13. The van der Waals surface area contributed by atoms with E-state index in [-0.39, 0.29) is 5.91 Å². The summed E-state index contributed by atoms with van der Waals surface area (Å²) in [5.74, 6) is 0.884. The molecule has 0 bridgehead atoms. The van der Waals surface area contributed by atoms with Gasteiger partial charge in [-0.3, -0.25) is 10.1 Å². The number of anilines is 1. The van der Waals surface area contributed by atoms with Crippen LogP contribution in [0.5, 0.6) is 17.2 Å². The minimum Gasteiger partial charge on any atom is -0.493 e. The van der Waals surface area contributed by atoms with Gasteiger partial charge < -0.3 is 14.2 Å². The van der Waals surface area contributed by atoms with Gasteiger partial charge >= 0.3 is 0 Å². The highest BCUT2D eigenvalue weighted by Gasteiger charge is 2.18. The number of carbonyl (C=O) groups is 1. The molecule has 1 aromatic heterocycles. The van der Waals surface area contributed by atoms with Crippen LogP contribution in [0.1, 0.15) is 15.9 Å². The van der Waals surface area contributed by atoms with Crippen molar-refractivity contribution in [3.63, 3.8) is 0 Å². The Morgan fingerprint density at radius 1 is 0.963 bits per heavy atom. The van der Waals surface area contributed by atoms with E-state index in [0.717, 1.165) is 10.6 Å². The van der Waals surface area contributed by atoms with Crippen molar-refractivity contribution in [2.24, 2.45) is 0 Å². The summed E-state index contributed by atoms with van der Waals surface area (Å²) in [4.78, 5) is 12.6. The van der Waals surface area contributed by atoms with E-state index in [0.29, 0.717) is 27.9 Å². The zero-order valence-electron chi connectivity index (χ0n) is 15.4. The van der Waals surface area contributed by atoms with Crippen molar-refractivity contribution in [1.82, 2.24) is 10.2 Å². The number of benzene rings is 2. The maximum Gasteiger partial charge on any atom is 0.257 e. The first-order chi connectivity index (χ1) is 13.0. The van der Waals surface area contributed by atoms with Gasteiger partial charge in [0.25, 0.3) is 5.91 Å². The first-order valence-corrected chi connectivity index (χ1v) is 8.89. The molecule has 0 saturated carbocycles. The Labute approximate surface area is 160 Å². The minimum atomic E-state index is -0.346. The Bertz CT molecular complexity index is 929. The molecule has 27 heavy (non-hydrogen) atoms. The smallest absolute Gasteiger partial charge is 0.257 e. The van der Waals surface area contributed by atoms with Gasteiger partial charge in [-0.2, -0.15) is 0 Å². The lowest BCUT2D eigenvalue weighted by molar-refractivity contribution is 0.102. The minimum absolute atomic E-state index is 0.346. The number of methoxy groups -OCH3 is 3. The van der Waals surface area contributed by atoms with Crippen molar-refractivity contribution in [2.75, 3.05) is 26.6 Å². The maximum absolute atomic E-state index is 12.6. The first-order valence-electron chi connectivity index (χ1n) is 8.07. The number of hydrogen-bond donors (Lipinski definition) is 1. The van der Waals surface area contributed by atoms with Crippen LogP contribution >= 0.6 is 11.3 Å². The van der Waals surface area contributed by atoms with Crippen LogP contribution in [0.2, 0.25) is 0 Å². The van der Waals surface area contributed by atoms with E-state index in [2.05, 4.69) is 15.5 Å². The monoisotopic (exact) mass is 385 g/mol. The molecule has 0 aliphatic rings. The Morgan fingerprint density at radius 3 is 2.15 bits per heavy atom. The number of rotatable bonds is 6. The van der Waals surface area contributed by atoms with Crippen LogP contribution < -0.4 is 19.5 Å². The molecule has 0 atom stereocenters. The van der Waals surface area contributed by atoms with E-state index < -0.39 is 0 Å². The number of nitrogens with one attached hydrogen (secondary N) is 1. The molecule has 0 aliphatic carbocycles. The molecule has 8 heteroatoms. The number of aromatic nitrogens is 2. The molecule has 140 valence electrons. The van der Waals surface area contributed by atoms with E-state index in [1.807, 2.05) is 31.2 Å². The summed E-state index contributed by atoms with van der Waals surface area (Å²) in [6, 6.07) is 11.1. The third kappa shape index (κ3) is 4.01. The van der Waals surface area contributed by atoms with Crippen LogP contribution in [0.25, 0.3) is 10.6 Å². The molecule has 0 saturated heterocycles. The molecule has 1 heterocycles. The average molecular weight is 385 g/mol. The van der Waals surface area contributed by atoms with Gasteiger partial charge in [-0.05, 0) is 19.1 Å². The average Bonchev–Trinajstić information content (AvgIpc) is 3.15. The highest BCUT2D eigenvalue weighted by Crippen LogP contribution is 2.38. The van der Waals surface area contributed by atoms with E-state index in [1.165, 1.54) is 38.2 Å². The van der Waals surface area contributed by atoms with Crippen LogP contribution in [0.15, 0.2) is 36.4 Å². The Morgan fingerprint density at radius 2 is 1.59 bits per heavy atom. The number of nitrogens with zero attached hydrogens (tertiary/aromatic N) is 2. The van der Waals surface area contributed by atoms with Gasteiger partial charge in [-0.15, -0.1) is 10.2 Å². The molecular weight excluding hydrogens is 366 g/mol. The van der Waals surface area contributed by atoms with E-state index in [4.69, 9.17) is 14.2 Å². The van der Waals surface area contributed by atoms with Gasteiger partial charge in [-0.1, -0.05) is 41.2 Å². The van der Waals surface area contributed by atoms with Gasteiger partial charge in [0.15, 0.2) is 11.5 Å². The fraction of sp³-hybridized carbons (Fsp3) is 0.211. The summed E-state index contributed by atoms with van der Waals surface area (Å²) in [5.41, 5.74) is 2.47. The summed E-state index contributed by atoms with van der Waals surface area (Å²) in [6.07, 6.45) is 0. The standard InChI is InChI=1S/C19H19N3O4S/c1-11-5-7-12(8-6-11)18-21-22-19(27-18)20-17(23)13-9-14(24-2)16(26-4)15(10-13)25-3/h5-10H,1-4H3,(H,20,22,23). The van der Waals surface area contributed by atoms with E-state index in [9.17, 15) is 4.79 Å². The topological polar surface area (TPSA) is 82.6 Å². The molecule has 2 aromatic carbocycles. The Hall–Kier alpha value is -3.13. The van der Waals surface area contributed by atoms with Crippen LogP contribution in [0.4, 0.5) is 5.13 Å². The number of carbonyl (C=O) groups excluding carboxylic acids is 1. The quantitative estimate of drug-likeness (QED) is 0.695. The lowest BCUT2D eigenvalue weighted by Crippen LogP contribution is -2.12. The molecule has 1 N–H and O–H groups in total. The number of ether oxygens (including phenoxy) is 3. The van der Waals surface area contributed by atoms with Gasteiger partial charge in [0.2, 0.25) is 10.9 Å². The van der Waals surface area contributed by atoms with Crippen LogP contribution in [-0.2, 0) is 0 Å². The van der Waals surface area contributed by atoms with E-state index in [1.54, 1.807) is 12.1 Å². The second kappa shape index (κ2) is 8.05. The fourth-order valence-electron chi connectivity index (χ4n) is 2.47. The summed E-state index contributed by atoms with van der Waals surface area (Å²) in [6.45, 7) is 2.02. The molecule has 1 amide bonds. The zero-order valence-corrected chi connectivity index (χ0v) is 16.2. The summed E-state index contributed by atoms with van der Waals surface area (Å²) in [5, 5.41) is 12.1. The Kier molecular flexibility index (Phi) is 5.56. The lowest BCUT2D eigenvalue weighted by atomic mass is 10.1. The fourth-order valence-corrected chi connectivity index (χ4v) is 3.21. The van der Waals surface area contributed by atoms with Crippen molar-refractivity contribution in [1.29, 1.82) is 0 Å². The predicted molar refractivity (Wildman–Crippen MR) is 104 cm³/mol. The SMILES string of the molecule is COc1cc(C(=O)Nc2nnc(-c3ccc(C)cc3)s2)cc(OC)c1OC. The van der Waals surface area contributed by atoms with Crippen molar-refractivity contribution < 1.29 is 19.0 Å². The van der Waals surface area contributed by atoms with Crippen molar-refractivity contribution in [3.8, 4) is 27.8 Å². The molecule has 0 fully saturated rings. The summed E-state index contributed by atoms with van der Waals surface area (Å²) in [7, 11) is 4.50. The summed E-state index contributed by atoms with van der Waals surface area (Å²) < 4.78 is 15.8. The molecule has 0 unspecified atom stereocenters.